The van der Waals surface area contributed by atoms with Crippen LogP contribution in [0.25, 0.3) is 0 Å². The average molecular weight is 239 g/mol. The standard InChI is InChI=1S/C11H17N3OS/c1-6(2)10-13-9(12)7(3)11(14-10)16-8-4-15-5-8/h6,8H,4-5H2,1-3H3,(H2,12,13,14). The lowest BCUT2D eigenvalue weighted by Gasteiger charge is -2.25. The largest absolute Gasteiger partial charge is 0.383 e. The minimum absolute atomic E-state index is 0.305. The fourth-order valence-electron chi connectivity index (χ4n) is 1.34. The molecule has 0 aromatic carbocycles. The highest BCUT2D eigenvalue weighted by atomic mass is 32.2. The van der Waals surface area contributed by atoms with Crippen LogP contribution in [0.5, 0.6) is 0 Å². The average Bonchev–Trinajstić information content (AvgIpc) is 2.17. The Balaban J connectivity index is 2.26. The molecule has 1 aliphatic heterocycles. The maximum absolute atomic E-state index is 5.90. The molecule has 0 bridgehead atoms. The number of hydrogen-bond acceptors (Lipinski definition) is 5. The second kappa shape index (κ2) is 4.59. The molecular formula is C11H17N3OS. The number of hydrogen-bond donors (Lipinski definition) is 1. The van der Waals surface area contributed by atoms with Crippen molar-refractivity contribution in [3.05, 3.63) is 11.4 Å². The number of thioether (sulfide) groups is 1. The molecule has 2 heterocycles. The van der Waals surface area contributed by atoms with Crippen LogP contribution in [-0.4, -0.2) is 28.4 Å². The molecule has 2 rings (SSSR count). The first-order chi connectivity index (χ1) is 7.58. The van der Waals surface area contributed by atoms with Gasteiger partial charge in [0, 0.05) is 11.5 Å². The lowest BCUT2D eigenvalue weighted by Crippen LogP contribution is -2.30. The molecule has 1 aliphatic rings. The van der Waals surface area contributed by atoms with Crippen LogP contribution in [-0.2, 0) is 4.74 Å². The van der Waals surface area contributed by atoms with Crippen molar-refractivity contribution >= 4 is 17.6 Å². The van der Waals surface area contributed by atoms with E-state index in [4.69, 9.17) is 10.5 Å². The summed E-state index contributed by atoms with van der Waals surface area (Å²) in [7, 11) is 0. The zero-order chi connectivity index (χ0) is 11.7. The molecule has 0 radical (unpaired) electrons. The topological polar surface area (TPSA) is 61.0 Å². The van der Waals surface area contributed by atoms with E-state index in [-0.39, 0.29) is 0 Å². The molecule has 4 nitrogen and oxygen atoms in total. The molecule has 5 heteroatoms. The summed E-state index contributed by atoms with van der Waals surface area (Å²) in [6.07, 6.45) is 0. The molecule has 88 valence electrons. The third kappa shape index (κ3) is 2.30. The summed E-state index contributed by atoms with van der Waals surface area (Å²) in [6, 6.07) is 0. The van der Waals surface area contributed by atoms with Gasteiger partial charge in [0.2, 0.25) is 0 Å². The summed E-state index contributed by atoms with van der Waals surface area (Å²) < 4.78 is 5.16. The molecule has 0 saturated carbocycles. The third-order valence-electron chi connectivity index (χ3n) is 2.56. The number of ether oxygens (including phenoxy) is 1. The minimum Gasteiger partial charge on any atom is -0.383 e. The summed E-state index contributed by atoms with van der Waals surface area (Å²) in [5.74, 6) is 1.73. The molecule has 1 fully saturated rings. The van der Waals surface area contributed by atoms with Crippen LogP contribution in [0.15, 0.2) is 5.03 Å². The van der Waals surface area contributed by atoms with Gasteiger partial charge in [-0.05, 0) is 6.92 Å². The molecular weight excluding hydrogens is 222 g/mol. The molecule has 1 aromatic heterocycles. The third-order valence-corrected chi connectivity index (χ3v) is 3.78. The van der Waals surface area contributed by atoms with E-state index in [1.165, 1.54) is 0 Å². The summed E-state index contributed by atoms with van der Waals surface area (Å²) >= 11 is 1.75. The lowest BCUT2D eigenvalue weighted by atomic mass is 10.2. The van der Waals surface area contributed by atoms with E-state index in [0.29, 0.717) is 17.0 Å². The Labute approximate surface area is 100.0 Å². The molecule has 1 saturated heterocycles. The van der Waals surface area contributed by atoms with E-state index in [0.717, 1.165) is 29.6 Å². The first kappa shape index (κ1) is 11.7. The molecule has 2 N–H and O–H groups in total. The minimum atomic E-state index is 0.305. The van der Waals surface area contributed by atoms with Crippen LogP contribution in [0.4, 0.5) is 5.82 Å². The number of nitrogen functional groups attached to an aromatic ring is 1. The molecule has 0 spiro atoms. The van der Waals surface area contributed by atoms with E-state index < -0.39 is 0 Å². The predicted molar refractivity (Wildman–Crippen MR) is 65.7 cm³/mol. The van der Waals surface area contributed by atoms with E-state index in [1.807, 2.05) is 6.92 Å². The van der Waals surface area contributed by atoms with Crippen molar-refractivity contribution in [2.45, 2.75) is 37.0 Å². The van der Waals surface area contributed by atoms with Gasteiger partial charge in [0.1, 0.15) is 16.7 Å². The highest BCUT2D eigenvalue weighted by molar-refractivity contribution is 8.00. The second-order valence-electron chi connectivity index (χ2n) is 4.33. The fraction of sp³-hybridized carbons (Fsp3) is 0.636. The zero-order valence-electron chi connectivity index (χ0n) is 9.86. The highest BCUT2D eigenvalue weighted by Crippen LogP contribution is 2.31. The Hall–Kier alpha value is -0.810. The van der Waals surface area contributed by atoms with Gasteiger partial charge in [-0.25, -0.2) is 9.97 Å². The monoisotopic (exact) mass is 239 g/mol. The lowest BCUT2D eigenvalue weighted by molar-refractivity contribution is 0.0454. The molecule has 0 unspecified atom stereocenters. The van der Waals surface area contributed by atoms with Gasteiger partial charge in [0.15, 0.2) is 0 Å². The Bertz CT molecular complexity index is 391. The van der Waals surface area contributed by atoms with Crippen LogP contribution in [0.1, 0.15) is 31.2 Å². The Kier molecular flexibility index (Phi) is 3.35. The van der Waals surface area contributed by atoms with Crippen molar-refractivity contribution < 1.29 is 4.74 Å². The second-order valence-corrected chi connectivity index (χ2v) is 5.62. The van der Waals surface area contributed by atoms with Gasteiger partial charge in [-0.15, -0.1) is 0 Å². The Morgan fingerprint density at radius 1 is 1.38 bits per heavy atom. The van der Waals surface area contributed by atoms with Gasteiger partial charge in [-0.1, -0.05) is 25.6 Å². The van der Waals surface area contributed by atoms with Crippen LogP contribution in [0.3, 0.4) is 0 Å². The SMILES string of the molecule is Cc1c(N)nc(C(C)C)nc1SC1COC1. The summed E-state index contributed by atoms with van der Waals surface area (Å²) in [6.45, 7) is 7.74. The van der Waals surface area contributed by atoms with Gasteiger partial charge in [-0.3, -0.25) is 0 Å². The zero-order valence-corrected chi connectivity index (χ0v) is 10.7. The van der Waals surface area contributed by atoms with Crippen molar-refractivity contribution in [2.24, 2.45) is 0 Å². The van der Waals surface area contributed by atoms with Gasteiger partial charge in [-0.2, -0.15) is 0 Å². The highest BCUT2D eigenvalue weighted by Gasteiger charge is 2.22. The number of anilines is 1. The van der Waals surface area contributed by atoms with Crippen molar-refractivity contribution in [1.29, 1.82) is 0 Å². The summed E-state index contributed by atoms with van der Waals surface area (Å²) in [4.78, 5) is 8.88. The van der Waals surface area contributed by atoms with Gasteiger partial charge in [0.25, 0.3) is 0 Å². The Morgan fingerprint density at radius 3 is 2.56 bits per heavy atom. The van der Waals surface area contributed by atoms with Gasteiger partial charge in [0.05, 0.1) is 18.5 Å². The predicted octanol–water partition coefficient (Wildman–Crippen LogP) is 1.98. The van der Waals surface area contributed by atoms with E-state index in [9.17, 15) is 0 Å². The number of nitrogens with zero attached hydrogens (tertiary/aromatic N) is 2. The summed E-state index contributed by atoms with van der Waals surface area (Å²) in [5.41, 5.74) is 6.89. The van der Waals surface area contributed by atoms with E-state index in [2.05, 4.69) is 23.8 Å². The maximum atomic E-state index is 5.90. The van der Waals surface area contributed by atoms with E-state index in [1.54, 1.807) is 11.8 Å². The fourth-order valence-corrected chi connectivity index (χ4v) is 2.41. The molecule has 16 heavy (non-hydrogen) atoms. The first-order valence-corrected chi connectivity index (χ1v) is 6.34. The van der Waals surface area contributed by atoms with Gasteiger partial charge >= 0.3 is 0 Å². The number of rotatable bonds is 3. The van der Waals surface area contributed by atoms with Crippen LogP contribution in [0.2, 0.25) is 0 Å². The molecule has 0 aliphatic carbocycles. The Morgan fingerprint density at radius 2 is 2.06 bits per heavy atom. The smallest absolute Gasteiger partial charge is 0.134 e. The van der Waals surface area contributed by atoms with Crippen LogP contribution < -0.4 is 5.73 Å². The van der Waals surface area contributed by atoms with Crippen LogP contribution >= 0.6 is 11.8 Å². The van der Waals surface area contributed by atoms with Crippen molar-refractivity contribution in [3.63, 3.8) is 0 Å². The normalized spacial score (nSPS) is 16.5. The first-order valence-electron chi connectivity index (χ1n) is 5.46. The molecule has 0 atom stereocenters. The van der Waals surface area contributed by atoms with E-state index >= 15 is 0 Å². The molecule has 1 aromatic rings. The van der Waals surface area contributed by atoms with Crippen molar-refractivity contribution in [3.8, 4) is 0 Å². The van der Waals surface area contributed by atoms with Crippen molar-refractivity contribution in [2.75, 3.05) is 18.9 Å². The quantitative estimate of drug-likeness (QED) is 0.817. The van der Waals surface area contributed by atoms with Crippen LogP contribution in [0, 0.1) is 6.92 Å². The maximum Gasteiger partial charge on any atom is 0.134 e. The van der Waals surface area contributed by atoms with Crippen molar-refractivity contribution in [1.82, 2.24) is 9.97 Å². The van der Waals surface area contributed by atoms with Gasteiger partial charge < -0.3 is 10.5 Å². The number of nitrogens with two attached hydrogens (primary N) is 1. The number of aromatic nitrogens is 2. The summed E-state index contributed by atoms with van der Waals surface area (Å²) in [5, 5.41) is 1.53. The molecule has 0 amide bonds.